The lowest BCUT2D eigenvalue weighted by atomic mass is 10.6. The van der Waals surface area contributed by atoms with Gasteiger partial charge in [0.2, 0.25) is 0 Å². The third-order valence-electron chi connectivity index (χ3n) is 1.14. The summed E-state index contributed by atoms with van der Waals surface area (Å²) in [5.41, 5.74) is 0. The van der Waals surface area contributed by atoms with Crippen LogP contribution in [0.25, 0.3) is 11.8 Å². The van der Waals surface area contributed by atoms with E-state index in [0.717, 1.165) is 0 Å². The Labute approximate surface area is 62.1 Å². The monoisotopic (exact) mass is 151 g/mol. The first-order chi connectivity index (χ1) is 5.36. The van der Waals surface area contributed by atoms with Gasteiger partial charge in [-0.15, -0.1) is 0 Å². The SMILES string of the molecule is Cc1noc(-c2ncco2)n1. The summed E-state index contributed by atoms with van der Waals surface area (Å²) in [5.74, 6) is 1.23. The van der Waals surface area contributed by atoms with E-state index in [0.29, 0.717) is 17.6 Å². The van der Waals surface area contributed by atoms with E-state index in [4.69, 9.17) is 8.94 Å². The van der Waals surface area contributed by atoms with Crippen LogP contribution in [0.3, 0.4) is 0 Å². The number of hydrogen-bond donors (Lipinski definition) is 0. The van der Waals surface area contributed by atoms with Crippen LogP contribution in [0.5, 0.6) is 0 Å². The molecule has 0 N–H and O–H groups in total. The molecule has 0 saturated carbocycles. The molecular weight excluding hydrogens is 146 g/mol. The molecule has 0 atom stereocenters. The quantitative estimate of drug-likeness (QED) is 0.609. The molecule has 0 unspecified atom stereocenters. The zero-order valence-corrected chi connectivity index (χ0v) is 5.81. The molecule has 0 aromatic carbocycles. The Kier molecular flexibility index (Phi) is 1.21. The number of nitrogens with zero attached hydrogens (tertiary/aromatic N) is 3. The zero-order chi connectivity index (χ0) is 7.68. The van der Waals surface area contributed by atoms with Gasteiger partial charge in [0.1, 0.15) is 6.26 Å². The molecule has 0 radical (unpaired) electrons. The van der Waals surface area contributed by atoms with Crippen LogP contribution in [0, 0.1) is 6.92 Å². The van der Waals surface area contributed by atoms with Crippen LogP contribution in [0.1, 0.15) is 5.82 Å². The fraction of sp³-hybridized carbons (Fsp3) is 0.167. The Bertz CT molecular complexity index is 338. The summed E-state index contributed by atoms with van der Waals surface area (Å²) in [4.78, 5) is 7.76. The van der Waals surface area contributed by atoms with Crippen molar-refractivity contribution in [2.45, 2.75) is 6.92 Å². The van der Waals surface area contributed by atoms with Crippen LogP contribution in [0.15, 0.2) is 21.4 Å². The smallest absolute Gasteiger partial charge is 0.313 e. The predicted octanol–water partition coefficient (Wildman–Crippen LogP) is 1.03. The summed E-state index contributed by atoms with van der Waals surface area (Å²) in [7, 11) is 0. The van der Waals surface area contributed by atoms with Crippen molar-refractivity contribution in [3.05, 3.63) is 18.3 Å². The van der Waals surface area contributed by atoms with Gasteiger partial charge in [-0.25, -0.2) is 4.98 Å². The van der Waals surface area contributed by atoms with Crippen molar-refractivity contribution in [3.8, 4) is 11.8 Å². The zero-order valence-electron chi connectivity index (χ0n) is 5.81. The number of aryl methyl sites for hydroxylation is 1. The van der Waals surface area contributed by atoms with Gasteiger partial charge in [0.05, 0.1) is 6.20 Å². The summed E-state index contributed by atoms with van der Waals surface area (Å²) < 4.78 is 9.72. The molecule has 2 aromatic rings. The topological polar surface area (TPSA) is 65.0 Å². The summed E-state index contributed by atoms with van der Waals surface area (Å²) in [6.45, 7) is 1.73. The van der Waals surface area contributed by atoms with Gasteiger partial charge < -0.3 is 8.94 Å². The molecule has 5 nitrogen and oxygen atoms in total. The highest BCUT2D eigenvalue weighted by Gasteiger charge is 2.09. The molecule has 0 fully saturated rings. The van der Waals surface area contributed by atoms with Crippen molar-refractivity contribution in [1.29, 1.82) is 0 Å². The van der Waals surface area contributed by atoms with Crippen molar-refractivity contribution in [2.75, 3.05) is 0 Å². The van der Waals surface area contributed by atoms with E-state index in [-0.39, 0.29) is 0 Å². The maximum atomic E-state index is 4.93. The minimum atomic E-state index is 0.313. The lowest BCUT2D eigenvalue weighted by Crippen LogP contribution is -1.75. The molecule has 2 aromatic heterocycles. The second-order valence-corrected chi connectivity index (χ2v) is 1.98. The average Bonchev–Trinajstić information content (AvgIpc) is 2.55. The van der Waals surface area contributed by atoms with Gasteiger partial charge in [-0.3, -0.25) is 0 Å². The van der Waals surface area contributed by atoms with Gasteiger partial charge in [0, 0.05) is 0 Å². The Morgan fingerprint density at radius 3 is 2.82 bits per heavy atom. The van der Waals surface area contributed by atoms with Crippen LogP contribution in [0.4, 0.5) is 0 Å². The van der Waals surface area contributed by atoms with Crippen molar-refractivity contribution >= 4 is 0 Å². The van der Waals surface area contributed by atoms with Crippen LogP contribution in [-0.2, 0) is 0 Å². The molecule has 5 heteroatoms. The highest BCUT2D eigenvalue weighted by Crippen LogP contribution is 2.12. The van der Waals surface area contributed by atoms with Crippen molar-refractivity contribution in [2.24, 2.45) is 0 Å². The Balaban J connectivity index is 2.45. The van der Waals surface area contributed by atoms with Crippen molar-refractivity contribution < 1.29 is 8.94 Å². The summed E-state index contributed by atoms with van der Waals surface area (Å²) in [6, 6.07) is 0. The molecule has 0 aliphatic rings. The van der Waals surface area contributed by atoms with E-state index in [9.17, 15) is 0 Å². The lowest BCUT2D eigenvalue weighted by molar-refractivity contribution is 0.409. The van der Waals surface area contributed by atoms with Crippen molar-refractivity contribution in [3.63, 3.8) is 0 Å². The molecule has 11 heavy (non-hydrogen) atoms. The summed E-state index contributed by atoms with van der Waals surface area (Å²) in [5, 5.41) is 3.59. The Morgan fingerprint density at radius 1 is 1.36 bits per heavy atom. The number of aromatic nitrogens is 3. The highest BCUT2D eigenvalue weighted by atomic mass is 16.5. The summed E-state index contributed by atoms with van der Waals surface area (Å²) in [6.07, 6.45) is 2.98. The number of rotatable bonds is 1. The average molecular weight is 151 g/mol. The van der Waals surface area contributed by atoms with Gasteiger partial charge in [0.15, 0.2) is 5.82 Å². The van der Waals surface area contributed by atoms with Crippen molar-refractivity contribution in [1.82, 2.24) is 15.1 Å². The highest BCUT2D eigenvalue weighted by molar-refractivity contribution is 5.35. The second-order valence-electron chi connectivity index (χ2n) is 1.98. The number of oxazole rings is 1. The minimum absolute atomic E-state index is 0.313. The molecule has 0 spiro atoms. The second kappa shape index (κ2) is 2.19. The molecule has 0 aliphatic heterocycles. The largest absolute Gasteiger partial charge is 0.441 e. The van der Waals surface area contributed by atoms with Crippen LogP contribution in [-0.4, -0.2) is 15.1 Å². The van der Waals surface area contributed by atoms with Gasteiger partial charge in [-0.05, 0) is 6.92 Å². The molecule has 0 saturated heterocycles. The van der Waals surface area contributed by atoms with Gasteiger partial charge in [0.25, 0.3) is 5.89 Å². The lowest BCUT2D eigenvalue weighted by Gasteiger charge is -1.79. The fourth-order valence-corrected chi connectivity index (χ4v) is 0.713. The normalized spacial score (nSPS) is 10.3. The number of hydrogen-bond acceptors (Lipinski definition) is 5. The molecule has 2 heterocycles. The van der Waals surface area contributed by atoms with E-state index in [1.807, 2.05) is 0 Å². The molecule has 0 amide bonds. The van der Waals surface area contributed by atoms with Gasteiger partial charge >= 0.3 is 5.89 Å². The summed E-state index contributed by atoms with van der Waals surface area (Å²) >= 11 is 0. The predicted molar refractivity (Wildman–Crippen MR) is 34.5 cm³/mol. The first-order valence-electron chi connectivity index (χ1n) is 3.06. The van der Waals surface area contributed by atoms with Gasteiger partial charge in [-0.2, -0.15) is 4.98 Å². The Hall–Kier alpha value is -1.65. The first kappa shape index (κ1) is 6.09. The van der Waals surface area contributed by atoms with E-state index < -0.39 is 0 Å². The van der Waals surface area contributed by atoms with Crippen LogP contribution < -0.4 is 0 Å². The molecule has 2 rings (SSSR count). The molecule has 56 valence electrons. The van der Waals surface area contributed by atoms with E-state index in [1.54, 1.807) is 6.92 Å². The first-order valence-corrected chi connectivity index (χ1v) is 3.06. The standard InChI is InChI=1S/C6H5N3O2/c1-4-8-6(11-9-4)5-7-2-3-10-5/h2-3H,1H3. The molecular formula is C6H5N3O2. The Morgan fingerprint density at radius 2 is 2.27 bits per heavy atom. The fourth-order valence-electron chi connectivity index (χ4n) is 0.713. The van der Waals surface area contributed by atoms with E-state index in [1.165, 1.54) is 12.5 Å². The van der Waals surface area contributed by atoms with E-state index in [2.05, 4.69) is 15.1 Å². The maximum absolute atomic E-state index is 4.93. The third kappa shape index (κ3) is 1.000. The maximum Gasteiger partial charge on any atom is 0.313 e. The minimum Gasteiger partial charge on any atom is -0.441 e. The third-order valence-corrected chi connectivity index (χ3v) is 1.14. The van der Waals surface area contributed by atoms with Gasteiger partial charge in [-0.1, -0.05) is 5.16 Å². The van der Waals surface area contributed by atoms with Crippen LogP contribution in [0.2, 0.25) is 0 Å². The molecule has 0 bridgehead atoms. The molecule has 0 aliphatic carbocycles. The van der Waals surface area contributed by atoms with Crippen LogP contribution >= 0.6 is 0 Å². The van der Waals surface area contributed by atoms with E-state index >= 15 is 0 Å².